The minimum absolute atomic E-state index is 0.267. The summed E-state index contributed by atoms with van der Waals surface area (Å²) in [7, 11) is -1.45. The molecular formula is C18H20ClN3O5S. The first kappa shape index (κ1) is 20.2. The number of hydrogen-bond donors (Lipinski definition) is 2. The van der Waals surface area contributed by atoms with Crippen LogP contribution in [0.3, 0.4) is 0 Å². The van der Waals surface area contributed by atoms with Crippen molar-refractivity contribution < 1.29 is 23.1 Å². The molecule has 1 aliphatic rings. The lowest BCUT2D eigenvalue weighted by Gasteiger charge is -2.35. The molecule has 2 aromatic rings. The number of carboxylic acid groups (broad SMARTS) is 1. The number of ether oxygens (including phenoxy) is 1. The first-order valence-corrected chi connectivity index (χ1v) is 10.1. The molecule has 0 bridgehead atoms. The van der Waals surface area contributed by atoms with Crippen LogP contribution in [0.5, 0.6) is 5.88 Å². The maximum atomic E-state index is 12.1. The van der Waals surface area contributed by atoms with Crippen molar-refractivity contribution in [1.29, 1.82) is 0 Å². The number of anilines is 1. The van der Waals surface area contributed by atoms with Gasteiger partial charge in [0.1, 0.15) is 0 Å². The highest BCUT2D eigenvalue weighted by Crippen LogP contribution is 2.37. The Labute approximate surface area is 169 Å². The second-order valence-corrected chi connectivity index (χ2v) is 7.57. The molecule has 1 saturated heterocycles. The van der Waals surface area contributed by atoms with Gasteiger partial charge in [-0.05, 0) is 25.0 Å². The SMILES string of the molecule is COc1cccc(-c2cccc(N(C3CCN(C(=O)O)CC3)[SH](=O)=O)c2Cl)n1. The van der Waals surface area contributed by atoms with E-state index < -0.39 is 17.0 Å². The van der Waals surface area contributed by atoms with E-state index in [0.717, 1.165) is 0 Å². The van der Waals surface area contributed by atoms with Gasteiger partial charge in [-0.15, -0.1) is 0 Å². The van der Waals surface area contributed by atoms with Gasteiger partial charge in [0.2, 0.25) is 16.8 Å². The van der Waals surface area contributed by atoms with Crippen molar-refractivity contribution in [2.45, 2.75) is 18.9 Å². The van der Waals surface area contributed by atoms with Crippen molar-refractivity contribution in [3.05, 3.63) is 41.4 Å². The van der Waals surface area contributed by atoms with Gasteiger partial charge >= 0.3 is 6.09 Å². The molecule has 1 aromatic carbocycles. The molecule has 1 fully saturated rings. The van der Waals surface area contributed by atoms with Gasteiger partial charge in [0.15, 0.2) is 0 Å². The van der Waals surface area contributed by atoms with Crippen molar-refractivity contribution in [3.8, 4) is 17.1 Å². The predicted molar refractivity (Wildman–Crippen MR) is 107 cm³/mol. The summed E-state index contributed by atoms with van der Waals surface area (Å²) < 4.78 is 30.5. The third kappa shape index (κ3) is 4.15. The zero-order valence-electron chi connectivity index (χ0n) is 15.1. The standard InChI is InChI=1S/C18H20ClN3O5S/c1-27-16-7-3-5-14(20-16)13-4-2-6-15(17(13)19)22(28(25)26)12-8-10-21(11-9-12)18(23)24/h2-7,12,28H,8-11H2,1H3,(H,23,24). The zero-order chi connectivity index (χ0) is 20.3. The Kier molecular flexibility index (Phi) is 6.25. The van der Waals surface area contributed by atoms with E-state index >= 15 is 0 Å². The minimum atomic E-state index is -2.96. The molecule has 1 N–H and O–H groups in total. The number of piperidine rings is 1. The van der Waals surface area contributed by atoms with E-state index in [0.29, 0.717) is 35.7 Å². The summed E-state index contributed by atoms with van der Waals surface area (Å²) in [6, 6.07) is 10.0. The fraction of sp³-hybridized carbons (Fsp3) is 0.333. The maximum Gasteiger partial charge on any atom is 0.407 e. The van der Waals surface area contributed by atoms with Gasteiger partial charge in [-0.3, -0.25) is 4.31 Å². The molecule has 0 spiro atoms. The van der Waals surface area contributed by atoms with Crippen molar-refractivity contribution >= 4 is 34.3 Å². The summed E-state index contributed by atoms with van der Waals surface area (Å²) in [5.41, 5.74) is 1.50. The molecule has 1 aromatic heterocycles. The number of methoxy groups -OCH3 is 1. The first-order valence-electron chi connectivity index (χ1n) is 8.63. The monoisotopic (exact) mass is 425 g/mol. The van der Waals surface area contributed by atoms with E-state index in [-0.39, 0.29) is 24.2 Å². The van der Waals surface area contributed by atoms with Gasteiger partial charge in [-0.1, -0.05) is 29.8 Å². The van der Waals surface area contributed by atoms with E-state index in [1.165, 1.54) is 16.3 Å². The highest BCUT2D eigenvalue weighted by Gasteiger charge is 2.30. The fourth-order valence-electron chi connectivity index (χ4n) is 3.29. The number of likely N-dealkylation sites (tertiary alicyclic amines) is 1. The third-order valence-electron chi connectivity index (χ3n) is 4.69. The molecule has 0 radical (unpaired) electrons. The smallest absolute Gasteiger partial charge is 0.407 e. The van der Waals surface area contributed by atoms with Crippen LogP contribution < -0.4 is 9.04 Å². The summed E-state index contributed by atoms with van der Waals surface area (Å²) in [6.07, 6.45) is -0.207. The van der Waals surface area contributed by atoms with Gasteiger partial charge in [-0.25, -0.2) is 18.2 Å². The summed E-state index contributed by atoms with van der Waals surface area (Å²) in [4.78, 5) is 16.7. The fourth-order valence-corrected chi connectivity index (χ4v) is 4.51. The van der Waals surface area contributed by atoms with Crippen LogP contribution in [0.15, 0.2) is 36.4 Å². The Morgan fingerprint density at radius 2 is 1.93 bits per heavy atom. The lowest BCUT2D eigenvalue weighted by atomic mass is 10.0. The molecule has 10 heteroatoms. The highest BCUT2D eigenvalue weighted by molar-refractivity contribution is 7.74. The van der Waals surface area contributed by atoms with Crippen LogP contribution >= 0.6 is 11.6 Å². The first-order chi connectivity index (χ1) is 13.4. The Morgan fingerprint density at radius 3 is 2.54 bits per heavy atom. The second kappa shape index (κ2) is 8.66. The van der Waals surface area contributed by atoms with Crippen LogP contribution in [-0.4, -0.2) is 55.7 Å². The van der Waals surface area contributed by atoms with Crippen LogP contribution in [-0.2, 0) is 10.9 Å². The quantitative estimate of drug-likeness (QED) is 0.714. The number of benzene rings is 1. The molecule has 0 saturated carbocycles. The number of carbonyl (C=O) groups is 1. The summed E-state index contributed by atoms with van der Waals surface area (Å²) >= 11 is 6.58. The second-order valence-electron chi connectivity index (χ2n) is 6.29. The van der Waals surface area contributed by atoms with Gasteiger partial charge < -0.3 is 14.7 Å². The number of amides is 1. The summed E-state index contributed by atoms with van der Waals surface area (Å²) in [6.45, 7) is 0.544. The largest absolute Gasteiger partial charge is 0.481 e. The molecule has 0 atom stereocenters. The van der Waals surface area contributed by atoms with Crippen LogP contribution in [0.4, 0.5) is 10.5 Å². The topological polar surface area (TPSA) is 100 Å². The van der Waals surface area contributed by atoms with Crippen LogP contribution in [0.2, 0.25) is 5.02 Å². The summed E-state index contributed by atoms with van der Waals surface area (Å²) in [5, 5.41) is 9.36. The molecule has 0 aliphatic carbocycles. The Balaban J connectivity index is 1.95. The van der Waals surface area contributed by atoms with Gasteiger partial charge in [0.05, 0.1) is 23.5 Å². The average Bonchev–Trinajstić information content (AvgIpc) is 2.69. The van der Waals surface area contributed by atoms with Gasteiger partial charge in [0, 0.05) is 30.8 Å². The Bertz CT molecular complexity index is 937. The van der Waals surface area contributed by atoms with E-state index in [2.05, 4.69) is 4.98 Å². The maximum absolute atomic E-state index is 12.1. The third-order valence-corrected chi connectivity index (χ3v) is 5.98. The van der Waals surface area contributed by atoms with Crippen molar-refractivity contribution in [1.82, 2.24) is 9.88 Å². The molecular weight excluding hydrogens is 406 g/mol. The van der Waals surface area contributed by atoms with Crippen LogP contribution in [0, 0.1) is 0 Å². The number of thiol groups is 1. The van der Waals surface area contributed by atoms with Crippen LogP contribution in [0.25, 0.3) is 11.3 Å². The summed E-state index contributed by atoms with van der Waals surface area (Å²) in [5.74, 6) is 0.423. The van der Waals surface area contributed by atoms with Crippen molar-refractivity contribution in [2.24, 2.45) is 0 Å². The number of rotatable bonds is 5. The minimum Gasteiger partial charge on any atom is -0.481 e. The lowest BCUT2D eigenvalue weighted by Crippen LogP contribution is -2.46. The Hall–Kier alpha value is -2.52. The van der Waals surface area contributed by atoms with Gasteiger partial charge in [-0.2, -0.15) is 0 Å². The molecule has 150 valence electrons. The van der Waals surface area contributed by atoms with E-state index in [4.69, 9.17) is 21.4 Å². The molecule has 28 heavy (non-hydrogen) atoms. The molecule has 3 rings (SSSR count). The predicted octanol–water partition coefficient (Wildman–Crippen LogP) is 2.89. The van der Waals surface area contributed by atoms with Crippen molar-refractivity contribution in [2.75, 3.05) is 24.5 Å². The number of halogens is 1. The molecule has 1 amide bonds. The van der Waals surface area contributed by atoms with Crippen molar-refractivity contribution in [3.63, 3.8) is 0 Å². The molecule has 1 aliphatic heterocycles. The van der Waals surface area contributed by atoms with E-state index in [1.807, 2.05) is 0 Å². The van der Waals surface area contributed by atoms with E-state index in [1.54, 1.807) is 36.4 Å². The number of aromatic nitrogens is 1. The van der Waals surface area contributed by atoms with E-state index in [9.17, 15) is 13.2 Å². The van der Waals surface area contributed by atoms with Crippen LogP contribution in [0.1, 0.15) is 12.8 Å². The van der Waals surface area contributed by atoms with Gasteiger partial charge in [0.25, 0.3) is 0 Å². The zero-order valence-corrected chi connectivity index (χ0v) is 16.8. The normalized spacial score (nSPS) is 14.9. The number of pyridine rings is 1. The lowest BCUT2D eigenvalue weighted by molar-refractivity contribution is 0.133. The number of hydrogen-bond acceptors (Lipinski definition) is 5. The molecule has 0 unspecified atom stereocenters. The average molecular weight is 426 g/mol. The Morgan fingerprint density at radius 1 is 1.25 bits per heavy atom. The highest BCUT2D eigenvalue weighted by atomic mass is 35.5. The molecule has 8 nitrogen and oxygen atoms in total. The molecule has 2 heterocycles. The number of nitrogens with zero attached hydrogens (tertiary/aromatic N) is 3.